The quantitative estimate of drug-likeness (QED) is 0.0993. The van der Waals surface area contributed by atoms with E-state index in [1.807, 2.05) is 13.8 Å². The molecular formula is C37H51N5O8. The molecule has 0 spiro atoms. The second-order valence-corrected chi connectivity index (χ2v) is 15.7. The van der Waals surface area contributed by atoms with Gasteiger partial charge in [0.15, 0.2) is 0 Å². The Kier molecular flexibility index (Phi) is 10.8. The second kappa shape index (κ2) is 14.6. The number of Topliss-reactive ketones (excluding diaryl/α,β-unsaturated/α-hetero) is 1. The molecule has 0 saturated heterocycles. The van der Waals surface area contributed by atoms with Gasteiger partial charge in [0.05, 0.1) is 15.9 Å². The molecular weight excluding hydrogens is 642 g/mol. The van der Waals surface area contributed by atoms with Gasteiger partial charge in [-0.05, 0) is 85.5 Å². The van der Waals surface area contributed by atoms with Crippen LogP contribution in [0.3, 0.4) is 0 Å². The van der Waals surface area contributed by atoms with Gasteiger partial charge >= 0.3 is 11.7 Å². The number of nitrogens with one attached hydrogen (secondary N) is 2. The van der Waals surface area contributed by atoms with Crippen LogP contribution in [0.15, 0.2) is 34.9 Å². The third-order valence-corrected chi connectivity index (χ3v) is 12.6. The summed E-state index contributed by atoms with van der Waals surface area (Å²) >= 11 is 0. The summed E-state index contributed by atoms with van der Waals surface area (Å²) in [5, 5.41) is 30.9. The molecule has 0 unspecified atom stereocenters. The van der Waals surface area contributed by atoms with E-state index in [1.165, 1.54) is 31.6 Å². The molecule has 0 bridgehead atoms. The number of amides is 1. The number of rotatable bonds is 12. The Labute approximate surface area is 293 Å². The molecule has 0 aliphatic heterocycles. The molecule has 0 radical (unpaired) electrons. The fraction of sp³-hybridized carbons (Fsp3) is 0.676. The maximum atomic E-state index is 13.9. The zero-order valence-corrected chi connectivity index (χ0v) is 30.0. The average Bonchev–Trinajstić information content (AvgIpc) is 3.36. The lowest BCUT2D eigenvalue weighted by molar-refractivity contribution is -0.393. The van der Waals surface area contributed by atoms with E-state index in [-0.39, 0.29) is 69.6 Å². The number of non-ortho nitro benzene ring substituents is 1. The van der Waals surface area contributed by atoms with E-state index >= 15 is 0 Å². The topological polar surface area (TPSA) is 183 Å². The van der Waals surface area contributed by atoms with Crippen LogP contribution in [-0.2, 0) is 19.1 Å². The predicted octanol–water partition coefficient (Wildman–Crippen LogP) is 7.15. The number of allylic oxidation sites excluding steroid dienone is 1. The number of fused-ring (bicyclic) bond motifs is 5. The Bertz CT molecular complexity index is 1610. The molecule has 50 heavy (non-hydrogen) atoms. The highest BCUT2D eigenvalue weighted by atomic mass is 16.6. The molecule has 13 heteroatoms. The van der Waals surface area contributed by atoms with Crippen LogP contribution in [0.2, 0.25) is 0 Å². The first-order chi connectivity index (χ1) is 23.5. The van der Waals surface area contributed by atoms with Crippen LogP contribution in [-0.4, -0.2) is 45.9 Å². The van der Waals surface area contributed by atoms with Crippen molar-refractivity contribution in [3.8, 4) is 0 Å². The van der Waals surface area contributed by atoms with Crippen molar-refractivity contribution in [2.24, 2.45) is 51.4 Å². The van der Waals surface area contributed by atoms with Crippen molar-refractivity contribution in [1.82, 2.24) is 5.32 Å². The molecule has 5 rings (SSSR count). The molecule has 1 aromatic carbocycles. The maximum Gasteiger partial charge on any atom is 0.302 e. The zero-order chi connectivity index (χ0) is 36.5. The number of nitrogens with zero attached hydrogens (tertiary/aromatic N) is 3. The highest BCUT2D eigenvalue weighted by Crippen LogP contribution is 2.66. The molecule has 0 heterocycles. The van der Waals surface area contributed by atoms with E-state index < -0.39 is 15.5 Å². The predicted molar refractivity (Wildman–Crippen MR) is 188 cm³/mol. The van der Waals surface area contributed by atoms with E-state index in [0.717, 1.165) is 50.3 Å². The number of ether oxygens (including phenoxy) is 1. The summed E-state index contributed by atoms with van der Waals surface area (Å²) in [6, 6.07) is 3.45. The lowest BCUT2D eigenvalue weighted by atomic mass is 9.47. The average molecular weight is 694 g/mol. The molecule has 0 aromatic heterocycles. The zero-order valence-electron chi connectivity index (χ0n) is 30.0. The Balaban J connectivity index is 1.45. The van der Waals surface area contributed by atoms with Crippen LogP contribution in [0, 0.1) is 66.6 Å². The second-order valence-electron chi connectivity index (χ2n) is 15.7. The van der Waals surface area contributed by atoms with Crippen LogP contribution in [0.1, 0.15) is 99.3 Å². The smallest absolute Gasteiger partial charge is 0.302 e. The van der Waals surface area contributed by atoms with Gasteiger partial charge in [-0.1, -0.05) is 39.3 Å². The standard InChI is InChI=1S/C37H51N5O8/c1-21(20-38-23(3)43)7-12-34(45)22(2)35-32(40-39-31-11-9-26(41(46)47)18-33(31)42(48)49)19-30-28-10-8-25-17-27(50-24(4)44)13-15-36(25,5)29(28)14-16-37(30,35)6/h8-9,11,18,21-22,27-30,35,39H,7,10,12-17,19-20H2,1-6H3,(H,38,43)/b40-32+/t21-,22+,27+,28-,29+,30+,35+,36+,37+/m1/s1. The number of nitro groups is 2. The molecule has 3 fully saturated rings. The fourth-order valence-electron chi connectivity index (χ4n) is 10.0. The number of anilines is 1. The Morgan fingerprint density at radius 3 is 2.44 bits per heavy atom. The van der Waals surface area contributed by atoms with Crippen molar-refractivity contribution in [2.75, 3.05) is 12.0 Å². The molecule has 9 atom stereocenters. The molecule has 4 aliphatic rings. The molecule has 1 aromatic rings. The maximum absolute atomic E-state index is 13.9. The van der Waals surface area contributed by atoms with Gasteiger partial charge < -0.3 is 10.1 Å². The molecule has 4 aliphatic carbocycles. The highest BCUT2D eigenvalue weighted by molar-refractivity contribution is 5.96. The SMILES string of the molecule is CC(=O)NC[C@H](C)CCC(=O)[C@H](C)[C@H]1/C(=N/Nc2ccc([N+](=O)[O-])cc2[N+](=O)[O-])C[C@H]2[C@@H]3CC=C4C[C@@H](OC(C)=O)CC[C@]4(C)[C@H]3CC[C@]12C. The largest absolute Gasteiger partial charge is 0.462 e. The van der Waals surface area contributed by atoms with E-state index in [2.05, 4.69) is 30.7 Å². The monoisotopic (exact) mass is 693 g/mol. The Morgan fingerprint density at radius 1 is 1.04 bits per heavy atom. The molecule has 2 N–H and O–H groups in total. The summed E-state index contributed by atoms with van der Waals surface area (Å²) in [5.74, 6) is 0.381. The van der Waals surface area contributed by atoms with Crippen LogP contribution >= 0.6 is 0 Å². The van der Waals surface area contributed by atoms with Crippen molar-refractivity contribution in [1.29, 1.82) is 0 Å². The number of nitro benzene ring substituents is 2. The summed E-state index contributed by atoms with van der Waals surface area (Å²) in [5.41, 5.74) is 4.07. The normalized spacial score (nSPS) is 32.0. The number of hydrogen-bond donors (Lipinski definition) is 2. The summed E-state index contributed by atoms with van der Waals surface area (Å²) in [4.78, 5) is 58.9. The molecule has 1 amide bonds. The number of carbonyl (C=O) groups excluding carboxylic acids is 3. The summed E-state index contributed by atoms with van der Waals surface area (Å²) in [7, 11) is 0. The van der Waals surface area contributed by atoms with Gasteiger partial charge in [-0.2, -0.15) is 5.10 Å². The molecule has 272 valence electrons. The number of carbonyl (C=O) groups is 3. The van der Waals surface area contributed by atoms with Crippen molar-refractivity contribution in [2.45, 2.75) is 105 Å². The fourth-order valence-corrected chi connectivity index (χ4v) is 10.0. The lowest BCUT2D eigenvalue weighted by Crippen LogP contribution is -2.51. The van der Waals surface area contributed by atoms with Crippen LogP contribution < -0.4 is 10.7 Å². The number of ketones is 1. The number of benzene rings is 1. The minimum Gasteiger partial charge on any atom is -0.462 e. The van der Waals surface area contributed by atoms with Gasteiger partial charge in [-0.15, -0.1) is 0 Å². The van der Waals surface area contributed by atoms with Crippen LogP contribution in [0.25, 0.3) is 0 Å². The summed E-state index contributed by atoms with van der Waals surface area (Å²) in [6.07, 6.45) is 9.28. The number of hydrogen-bond acceptors (Lipinski definition) is 10. The first kappa shape index (κ1) is 37.1. The summed E-state index contributed by atoms with van der Waals surface area (Å²) < 4.78 is 5.62. The minimum absolute atomic E-state index is 0.000607. The van der Waals surface area contributed by atoms with Gasteiger partial charge in [0.1, 0.15) is 17.6 Å². The van der Waals surface area contributed by atoms with Crippen molar-refractivity contribution < 1.29 is 29.0 Å². The first-order valence-corrected chi connectivity index (χ1v) is 17.9. The van der Waals surface area contributed by atoms with E-state index in [4.69, 9.17) is 9.84 Å². The van der Waals surface area contributed by atoms with Gasteiger partial charge in [-0.3, -0.25) is 40.0 Å². The Morgan fingerprint density at radius 2 is 1.78 bits per heavy atom. The van der Waals surface area contributed by atoms with Crippen LogP contribution in [0.5, 0.6) is 0 Å². The Hall–Kier alpha value is -4.16. The highest BCUT2D eigenvalue weighted by Gasteiger charge is 2.62. The van der Waals surface area contributed by atoms with Gasteiger partial charge in [0.25, 0.3) is 5.69 Å². The number of esters is 1. The third-order valence-electron chi connectivity index (χ3n) is 12.6. The first-order valence-electron chi connectivity index (χ1n) is 17.9. The summed E-state index contributed by atoms with van der Waals surface area (Å²) in [6.45, 7) is 12.1. The van der Waals surface area contributed by atoms with Gasteiger partial charge in [0, 0.05) is 56.8 Å². The van der Waals surface area contributed by atoms with Crippen LogP contribution in [0.4, 0.5) is 17.1 Å². The minimum atomic E-state index is -0.671. The number of hydrazone groups is 1. The van der Waals surface area contributed by atoms with Gasteiger partial charge in [0.2, 0.25) is 5.91 Å². The molecule has 3 saturated carbocycles. The third kappa shape index (κ3) is 7.32. The lowest BCUT2D eigenvalue weighted by Gasteiger charge is -2.58. The van der Waals surface area contributed by atoms with Crippen molar-refractivity contribution in [3.05, 3.63) is 50.1 Å². The van der Waals surface area contributed by atoms with Crippen molar-refractivity contribution >= 4 is 40.4 Å². The van der Waals surface area contributed by atoms with E-state index in [1.54, 1.807) is 0 Å². The van der Waals surface area contributed by atoms with E-state index in [9.17, 15) is 34.6 Å². The van der Waals surface area contributed by atoms with Crippen molar-refractivity contribution in [3.63, 3.8) is 0 Å². The van der Waals surface area contributed by atoms with E-state index in [0.29, 0.717) is 37.6 Å². The molecule has 13 nitrogen and oxygen atoms in total. The van der Waals surface area contributed by atoms with Gasteiger partial charge in [-0.25, -0.2) is 0 Å².